The van der Waals surface area contributed by atoms with Crippen LogP contribution in [0.4, 0.5) is 0 Å². The Morgan fingerprint density at radius 3 is 2.64 bits per heavy atom. The molecule has 1 aliphatic rings. The van der Waals surface area contributed by atoms with Gasteiger partial charge < -0.3 is 14.7 Å². The monoisotopic (exact) mass is 201 g/mol. The van der Waals surface area contributed by atoms with Crippen molar-refractivity contribution >= 4 is 0 Å². The van der Waals surface area contributed by atoms with E-state index in [1.54, 1.807) is 0 Å². The van der Waals surface area contributed by atoms with E-state index in [0.717, 1.165) is 26.0 Å². The third-order valence-corrected chi connectivity index (χ3v) is 2.83. The van der Waals surface area contributed by atoms with Crippen molar-refractivity contribution in [1.82, 2.24) is 4.90 Å². The molecule has 84 valence electrons. The number of likely N-dealkylation sites (N-methyl/N-ethyl adjacent to an activating group) is 1. The number of aliphatic hydroxyl groups excluding tert-OH is 1. The first kappa shape index (κ1) is 12.0. The van der Waals surface area contributed by atoms with Crippen LogP contribution in [-0.2, 0) is 4.74 Å². The number of rotatable bonds is 3. The van der Waals surface area contributed by atoms with Crippen molar-refractivity contribution in [3.05, 3.63) is 0 Å². The predicted molar refractivity (Wildman–Crippen MR) is 57.3 cm³/mol. The fourth-order valence-electron chi connectivity index (χ4n) is 2.13. The van der Waals surface area contributed by atoms with Gasteiger partial charge >= 0.3 is 0 Å². The van der Waals surface area contributed by atoms with Gasteiger partial charge in [0.05, 0.1) is 11.7 Å². The van der Waals surface area contributed by atoms with Crippen LogP contribution in [0.1, 0.15) is 26.7 Å². The number of ether oxygens (including phenoxy) is 1. The van der Waals surface area contributed by atoms with E-state index in [9.17, 15) is 5.11 Å². The summed E-state index contributed by atoms with van der Waals surface area (Å²) in [7, 11) is 3.99. The smallest absolute Gasteiger partial charge is 0.0696 e. The van der Waals surface area contributed by atoms with Gasteiger partial charge in [-0.15, -0.1) is 0 Å². The zero-order valence-corrected chi connectivity index (χ0v) is 9.79. The van der Waals surface area contributed by atoms with Gasteiger partial charge in [-0.1, -0.05) is 0 Å². The number of aliphatic hydroxyl groups is 1. The Morgan fingerprint density at radius 1 is 1.50 bits per heavy atom. The Labute approximate surface area is 87.1 Å². The molecule has 0 saturated carbocycles. The summed E-state index contributed by atoms with van der Waals surface area (Å²) in [6.45, 7) is 5.73. The molecule has 1 rings (SSSR count). The minimum Gasteiger partial charge on any atom is -0.392 e. The minimum atomic E-state index is -0.215. The van der Waals surface area contributed by atoms with Crippen LogP contribution in [0, 0.1) is 5.92 Å². The largest absolute Gasteiger partial charge is 0.392 e. The molecular weight excluding hydrogens is 178 g/mol. The van der Waals surface area contributed by atoms with E-state index < -0.39 is 0 Å². The summed E-state index contributed by atoms with van der Waals surface area (Å²) in [6, 6.07) is 0. The number of hydrogen-bond donors (Lipinski definition) is 1. The van der Waals surface area contributed by atoms with Crippen molar-refractivity contribution in [3.8, 4) is 0 Å². The van der Waals surface area contributed by atoms with Gasteiger partial charge in [0.15, 0.2) is 0 Å². The molecule has 0 aromatic heterocycles. The predicted octanol–water partition coefficient (Wildman–Crippen LogP) is 1.11. The fraction of sp³-hybridized carbons (Fsp3) is 1.00. The average molecular weight is 201 g/mol. The lowest BCUT2D eigenvalue weighted by Gasteiger charge is -2.38. The lowest BCUT2D eigenvalue weighted by Crippen LogP contribution is -2.41. The van der Waals surface area contributed by atoms with Crippen LogP contribution in [0.25, 0.3) is 0 Å². The summed E-state index contributed by atoms with van der Waals surface area (Å²) in [5.41, 5.74) is -0.0593. The van der Waals surface area contributed by atoms with Crippen LogP contribution in [0.15, 0.2) is 0 Å². The highest BCUT2D eigenvalue weighted by molar-refractivity contribution is 4.83. The molecule has 0 spiro atoms. The van der Waals surface area contributed by atoms with E-state index in [4.69, 9.17) is 4.74 Å². The molecule has 0 aliphatic carbocycles. The minimum absolute atomic E-state index is 0.0593. The first-order valence-electron chi connectivity index (χ1n) is 5.37. The maximum absolute atomic E-state index is 9.98. The fourth-order valence-corrected chi connectivity index (χ4v) is 2.13. The van der Waals surface area contributed by atoms with E-state index in [-0.39, 0.29) is 11.7 Å². The molecule has 0 aromatic rings. The lowest BCUT2D eigenvalue weighted by atomic mass is 9.84. The molecule has 2 atom stereocenters. The molecule has 14 heavy (non-hydrogen) atoms. The summed E-state index contributed by atoms with van der Waals surface area (Å²) in [6.07, 6.45) is 1.73. The first-order chi connectivity index (χ1) is 6.41. The Kier molecular flexibility index (Phi) is 3.93. The topological polar surface area (TPSA) is 32.7 Å². The van der Waals surface area contributed by atoms with Crippen molar-refractivity contribution in [2.45, 2.75) is 38.4 Å². The van der Waals surface area contributed by atoms with Gasteiger partial charge in [-0.2, -0.15) is 0 Å². The van der Waals surface area contributed by atoms with Crippen molar-refractivity contribution in [2.24, 2.45) is 5.92 Å². The highest BCUT2D eigenvalue weighted by Crippen LogP contribution is 2.30. The molecule has 1 N–H and O–H groups in total. The molecule has 3 heteroatoms. The second kappa shape index (κ2) is 4.60. The molecule has 0 radical (unpaired) electrons. The Morgan fingerprint density at radius 2 is 2.14 bits per heavy atom. The zero-order chi connectivity index (χ0) is 10.8. The van der Waals surface area contributed by atoms with Gasteiger partial charge in [0.25, 0.3) is 0 Å². The maximum atomic E-state index is 9.98. The van der Waals surface area contributed by atoms with Crippen molar-refractivity contribution in [1.29, 1.82) is 0 Å². The third-order valence-electron chi connectivity index (χ3n) is 2.83. The normalized spacial score (nSPS) is 29.1. The molecule has 0 aromatic carbocycles. The third kappa shape index (κ3) is 3.56. The molecule has 0 unspecified atom stereocenters. The van der Waals surface area contributed by atoms with E-state index in [2.05, 4.69) is 13.8 Å². The SMILES string of the molecule is CN(C)C[C@@H](O)[C@@H]1CCOC(C)(C)C1. The molecule has 1 fully saturated rings. The first-order valence-corrected chi connectivity index (χ1v) is 5.37. The van der Waals surface area contributed by atoms with Crippen LogP contribution in [-0.4, -0.2) is 49.0 Å². The van der Waals surface area contributed by atoms with Crippen LogP contribution in [0.3, 0.4) is 0 Å². The second-order valence-corrected chi connectivity index (χ2v) is 5.19. The van der Waals surface area contributed by atoms with Crippen LogP contribution >= 0.6 is 0 Å². The Balaban J connectivity index is 2.43. The summed E-state index contributed by atoms with van der Waals surface area (Å²) >= 11 is 0. The van der Waals surface area contributed by atoms with E-state index in [0.29, 0.717) is 5.92 Å². The molecular formula is C11H23NO2. The number of nitrogens with zero attached hydrogens (tertiary/aromatic N) is 1. The quantitative estimate of drug-likeness (QED) is 0.742. The van der Waals surface area contributed by atoms with Crippen molar-refractivity contribution < 1.29 is 9.84 Å². The van der Waals surface area contributed by atoms with Gasteiger partial charge in [-0.3, -0.25) is 0 Å². The van der Waals surface area contributed by atoms with Crippen molar-refractivity contribution in [3.63, 3.8) is 0 Å². The highest BCUT2D eigenvalue weighted by Gasteiger charge is 2.32. The Bertz CT molecular complexity index is 180. The van der Waals surface area contributed by atoms with Crippen LogP contribution in [0.2, 0.25) is 0 Å². The summed E-state index contributed by atoms with van der Waals surface area (Å²) in [5.74, 6) is 0.390. The van der Waals surface area contributed by atoms with E-state index in [1.807, 2.05) is 19.0 Å². The average Bonchev–Trinajstić information content (AvgIpc) is 2.01. The van der Waals surface area contributed by atoms with E-state index in [1.165, 1.54) is 0 Å². The lowest BCUT2D eigenvalue weighted by molar-refractivity contribution is -0.0972. The summed E-state index contributed by atoms with van der Waals surface area (Å²) in [4.78, 5) is 2.03. The number of hydrogen-bond acceptors (Lipinski definition) is 3. The molecule has 1 saturated heterocycles. The Hall–Kier alpha value is -0.120. The molecule has 1 aliphatic heterocycles. The molecule has 3 nitrogen and oxygen atoms in total. The van der Waals surface area contributed by atoms with Crippen molar-refractivity contribution in [2.75, 3.05) is 27.2 Å². The molecule has 0 amide bonds. The van der Waals surface area contributed by atoms with Gasteiger partial charge in [0.2, 0.25) is 0 Å². The second-order valence-electron chi connectivity index (χ2n) is 5.19. The molecule has 0 bridgehead atoms. The van der Waals surface area contributed by atoms with Gasteiger partial charge in [-0.25, -0.2) is 0 Å². The summed E-state index contributed by atoms with van der Waals surface area (Å²) < 4.78 is 5.63. The van der Waals surface area contributed by atoms with Gasteiger partial charge in [0, 0.05) is 13.2 Å². The zero-order valence-electron chi connectivity index (χ0n) is 9.79. The summed E-state index contributed by atoms with van der Waals surface area (Å²) in [5, 5.41) is 9.98. The van der Waals surface area contributed by atoms with Crippen LogP contribution in [0.5, 0.6) is 0 Å². The van der Waals surface area contributed by atoms with Gasteiger partial charge in [-0.05, 0) is 46.7 Å². The van der Waals surface area contributed by atoms with E-state index >= 15 is 0 Å². The highest BCUT2D eigenvalue weighted by atomic mass is 16.5. The van der Waals surface area contributed by atoms with Crippen LogP contribution < -0.4 is 0 Å². The van der Waals surface area contributed by atoms with Gasteiger partial charge in [0.1, 0.15) is 0 Å². The maximum Gasteiger partial charge on any atom is 0.0696 e. The molecule has 1 heterocycles. The standard InChI is InChI=1S/C11H23NO2/c1-11(2)7-9(5-6-14-11)10(13)8-12(3)4/h9-10,13H,5-8H2,1-4H3/t9-,10-/m1/s1.